The SMILES string of the molecule is CC(CO)CSc1cc(C(=O)Nc2cc(F)c(F)c(F)c2)ccc1Cl. The summed E-state index contributed by atoms with van der Waals surface area (Å²) in [5.41, 5.74) is 0.0353. The zero-order valence-corrected chi connectivity index (χ0v) is 14.7. The Kier molecular flexibility index (Phi) is 6.75. The van der Waals surface area contributed by atoms with E-state index in [0.29, 0.717) is 27.8 Å². The van der Waals surface area contributed by atoms with Gasteiger partial charge in [0, 0.05) is 40.6 Å². The van der Waals surface area contributed by atoms with Gasteiger partial charge in [-0.1, -0.05) is 18.5 Å². The average Bonchev–Trinajstić information content (AvgIpc) is 2.58. The normalized spacial score (nSPS) is 12.1. The van der Waals surface area contributed by atoms with Gasteiger partial charge in [-0.25, -0.2) is 13.2 Å². The molecule has 0 fully saturated rings. The lowest BCUT2D eigenvalue weighted by Gasteiger charge is -2.11. The summed E-state index contributed by atoms with van der Waals surface area (Å²) in [6.07, 6.45) is 0. The molecule has 2 aromatic carbocycles. The van der Waals surface area contributed by atoms with Crippen molar-refractivity contribution < 1.29 is 23.1 Å². The third kappa shape index (κ3) is 5.14. The quantitative estimate of drug-likeness (QED) is 0.554. The van der Waals surface area contributed by atoms with Crippen molar-refractivity contribution in [2.45, 2.75) is 11.8 Å². The molecular weight excluding hydrogens is 375 g/mol. The van der Waals surface area contributed by atoms with E-state index in [1.807, 2.05) is 6.92 Å². The van der Waals surface area contributed by atoms with Crippen LogP contribution in [0.3, 0.4) is 0 Å². The van der Waals surface area contributed by atoms with Crippen molar-refractivity contribution in [3.63, 3.8) is 0 Å². The summed E-state index contributed by atoms with van der Waals surface area (Å²) >= 11 is 7.47. The molecule has 2 N–H and O–H groups in total. The van der Waals surface area contributed by atoms with E-state index in [0.717, 1.165) is 0 Å². The van der Waals surface area contributed by atoms with E-state index in [-0.39, 0.29) is 23.8 Å². The molecule has 0 aliphatic rings. The Bertz CT molecular complexity index is 765. The first-order chi connectivity index (χ1) is 11.8. The number of hydrogen-bond acceptors (Lipinski definition) is 3. The molecule has 0 saturated heterocycles. The van der Waals surface area contributed by atoms with Crippen molar-refractivity contribution in [3.8, 4) is 0 Å². The molecule has 0 aliphatic carbocycles. The Balaban J connectivity index is 2.16. The van der Waals surface area contributed by atoms with Crippen molar-refractivity contribution >= 4 is 35.0 Å². The Hall–Kier alpha value is -1.70. The molecule has 2 rings (SSSR count). The fourth-order valence-corrected chi connectivity index (χ4v) is 3.14. The molecule has 0 radical (unpaired) electrons. The maximum atomic E-state index is 13.2. The lowest BCUT2D eigenvalue weighted by Crippen LogP contribution is -2.13. The summed E-state index contributed by atoms with van der Waals surface area (Å²) < 4.78 is 39.4. The van der Waals surface area contributed by atoms with E-state index in [1.54, 1.807) is 6.07 Å². The maximum absolute atomic E-state index is 13.2. The van der Waals surface area contributed by atoms with E-state index < -0.39 is 23.4 Å². The van der Waals surface area contributed by atoms with Gasteiger partial charge >= 0.3 is 0 Å². The molecule has 2 aromatic rings. The topological polar surface area (TPSA) is 49.3 Å². The molecule has 1 unspecified atom stereocenters. The van der Waals surface area contributed by atoms with Crippen molar-refractivity contribution in [2.24, 2.45) is 5.92 Å². The first-order valence-electron chi connectivity index (χ1n) is 7.31. The van der Waals surface area contributed by atoms with Crippen molar-refractivity contribution in [3.05, 3.63) is 58.4 Å². The van der Waals surface area contributed by atoms with Crippen LogP contribution in [0, 0.1) is 23.4 Å². The zero-order chi connectivity index (χ0) is 18.6. The molecule has 134 valence electrons. The fraction of sp³-hybridized carbons (Fsp3) is 0.235. The van der Waals surface area contributed by atoms with Gasteiger partial charge in [-0.3, -0.25) is 4.79 Å². The van der Waals surface area contributed by atoms with Crippen LogP contribution in [0.15, 0.2) is 35.2 Å². The van der Waals surface area contributed by atoms with Crippen LogP contribution in [-0.2, 0) is 0 Å². The molecule has 1 atom stereocenters. The molecule has 0 aromatic heterocycles. The van der Waals surface area contributed by atoms with Crippen LogP contribution in [0.1, 0.15) is 17.3 Å². The summed E-state index contributed by atoms with van der Waals surface area (Å²) in [6, 6.07) is 5.94. The summed E-state index contributed by atoms with van der Waals surface area (Å²) in [5, 5.41) is 11.8. The number of aliphatic hydroxyl groups excluding tert-OH is 1. The van der Waals surface area contributed by atoms with Gasteiger partial charge in [0.05, 0.1) is 5.02 Å². The number of nitrogens with one attached hydrogen (secondary N) is 1. The van der Waals surface area contributed by atoms with Crippen LogP contribution in [0.25, 0.3) is 0 Å². The highest BCUT2D eigenvalue weighted by molar-refractivity contribution is 7.99. The van der Waals surface area contributed by atoms with Crippen molar-refractivity contribution in [1.29, 1.82) is 0 Å². The standard InChI is InChI=1S/C17H15ClF3NO2S/c1-9(7-23)8-25-15-4-10(2-3-12(15)18)17(24)22-11-5-13(19)16(21)14(20)6-11/h2-6,9,23H,7-8H2,1H3,(H,22,24). The predicted octanol–water partition coefficient (Wildman–Crippen LogP) is 4.73. The smallest absolute Gasteiger partial charge is 0.255 e. The molecule has 0 bridgehead atoms. The highest BCUT2D eigenvalue weighted by atomic mass is 35.5. The maximum Gasteiger partial charge on any atom is 0.255 e. The second-order valence-electron chi connectivity index (χ2n) is 5.45. The molecule has 8 heteroatoms. The molecule has 0 spiro atoms. The fourth-order valence-electron chi connectivity index (χ4n) is 1.87. The number of thioether (sulfide) groups is 1. The molecule has 1 amide bonds. The molecule has 0 heterocycles. The monoisotopic (exact) mass is 389 g/mol. The van der Waals surface area contributed by atoms with Gasteiger partial charge in [0.2, 0.25) is 0 Å². The second-order valence-corrected chi connectivity index (χ2v) is 6.92. The Morgan fingerprint density at radius 2 is 1.88 bits per heavy atom. The third-order valence-electron chi connectivity index (χ3n) is 3.27. The van der Waals surface area contributed by atoms with Crippen LogP contribution in [0.4, 0.5) is 18.9 Å². The molecule has 3 nitrogen and oxygen atoms in total. The van der Waals surface area contributed by atoms with E-state index in [2.05, 4.69) is 5.32 Å². The lowest BCUT2D eigenvalue weighted by atomic mass is 10.2. The number of halogens is 4. The van der Waals surface area contributed by atoms with Crippen LogP contribution in [0.2, 0.25) is 5.02 Å². The summed E-state index contributed by atoms with van der Waals surface area (Å²) in [7, 11) is 0. The van der Waals surface area contributed by atoms with Crippen LogP contribution in [0.5, 0.6) is 0 Å². The van der Waals surface area contributed by atoms with Gasteiger partial charge in [-0.2, -0.15) is 0 Å². The van der Waals surface area contributed by atoms with E-state index in [9.17, 15) is 18.0 Å². The molecule has 25 heavy (non-hydrogen) atoms. The Labute approximate surface area is 152 Å². The minimum atomic E-state index is -1.60. The highest BCUT2D eigenvalue weighted by Gasteiger charge is 2.14. The first-order valence-corrected chi connectivity index (χ1v) is 8.67. The average molecular weight is 390 g/mol. The largest absolute Gasteiger partial charge is 0.396 e. The highest BCUT2D eigenvalue weighted by Crippen LogP contribution is 2.30. The number of hydrogen-bond donors (Lipinski definition) is 2. The number of carbonyl (C=O) groups excluding carboxylic acids is 1. The van der Waals surface area contributed by atoms with Gasteiger partial charge in [0.15, 0.2) is 17.5 Å². The minimum absolute atomic E-state index is 0.0342. The van der Waals surface area contributed by atoms with Gasteiger partial charge in [0.1, 0.15) is 0 Å². The first kappa shape index (κ1) is 19.6. The van der Waals surface area contributed by atoms with Gasteiger partial charge < -0.3 is 10.4 Å². The second kappa shape index (κ2) is 8.60. The predicted molar refractivity (Wildman–Crippen MR) is 92.7 cm³/mol. The summed E-state index contributed by atoms with van der Waals surface area (Å²) in [6.45, 7) is 1.90. The molecule has 0 aliphatic heterocycles. The number of anilines is 1. The number of rotatable bonds is 6. The summed E-state index contributed by atoms with van der Waals surface area (Å²) in [4.78, 5) is 12.9. The lowest BCUT2D eigenvalue weighted by molar-refractivity contribution is 0.102. The van der Waals surface area contributed by atoms with E-state index in [1.165, 1.54) is 23.9 Å². The Morgan fingerprint density at radius 3 is 2.48 bits per heavy atom. The number of benzene rings is 2. The van der Waals surface area contributed by atoms with E-state index >= 15 is 0 Å². The molecule has 0 saturated carbocycles. The van der Waals surface area contributed by atoms with E-state index in [4.69, 9.17) is 16.7 Å². The van der Waals surface area contributed by atoms with Crippen LogP contribution < -0.4 is 5.32 Å². The minimum Gasteiger partial charge on any atom is -0.396 e. The van der Waals surface area contributed by atoms with Gasteiger partial charge in [-0.05, 0) is 24.1 Å². The van der Waals surface area contributed by atoms with Crippen LogP contribution >= 0.6 is 23.4 Å². The van der Waals surface area contributed by atoms with Gasteiger partial charge in [-0.15, -0.1) is 11.8 Å². The van der Waals surface area contributed by atoms with Crippen molar-refractivity contribution in [2.75, 3.05) is 17.7 Å². The van der Waals surface area contributed by atoms with Crippen molar-refractivity contribution in [1.82, 2.24) is 0 Å². The third-order valence-corrected chi connectivity index (χ3v) is 5.10. The number of amides is 1. The van der Waals surface area contributed by atoms with Crippen LogP contribution in [-0.4, -0.2) is 23.4 Å². The zero-order valence-electron chi connectivity index (χ0n) is 13.2. The summed E-state index contributed by atoms with van der Waals surface area (Å²) in [5.74, 6) is -4.32. The Morgan fingerprint density at radius 1 is 1.24 bits per heavy atom. The van der Waals surface area contributed by atoms with Gasteiger partial charge in [0.25, 0.3) is 5.91 Å². The number of aliphatic hydroxyl groups is 1. The number of carbonyl (C=O) groups is 1. The molecular formula is C17H15ClF3NO2S.